The summed E-state index contributed by atoms with van der Waals surface area (Å²) in [6.45, 7) is 12.5. The van der Waals surface area contributed by atoms with Crippen molar-refractivity contribution < 1.29 is 9.53 Å². The molecule has 8 atom stereocenters. The Labute approximate surface area is 208 Å². The Morgan fingerprint density at radius 1 is 1.09 bits per heavy atom. The van der Waals surface area contributed by atoms with E-state index in [2.05, 4.69) is 40.7 Å². The maximum Gasteiger partial charge on any atom is 0.307 e. The molecule has 0 heterocycles. The van der Waals surface area contributed by atoms with Crippen LogP contribution in [0.1, 0.15) is 112 Å². The number of hydrogen-bond donors (Lipinski definition) is 0. The molecule has 0 radical (unpaired) electrons. The van der Waals surface area contributed by atoms with Crippen molar-refractivity contribution in [1.29, 1.82) is 0 Å². The maximum atomic E-state index is 12.0. The third-order valence-corrected chi connectivity index (χ3v) is 11.0. The fraction of sp³-hybridized carbons (Fsp3) is 0.900. The SMILES string of the molecule is CC(C)CCC[C@@H](C)[C@H]1CCC2C3CC=C4CC(OC(=O)CCCl)CC[C@]4(C)C3CC[C@@]21C. The smallest absolute Gasteiger partial charge is 0.307 e. The molecule has 2 nitrogen and oxygen atoms in total. The van der Waals surface area contributed by atoms with Crippen LogP contribution in [0.25, 0.3) is 0 Å². The van der Waals surface area contributed by atoms with Gasteiger partial charge < -0.3 is 4.74 Å². The first-order valence-electron chi connectivity index (χ1n) is 14.1. The van der Waals surface area contributed by atoms with E-state index >= 15 is 0 Å². The fourth-order valence-corrected chi connectivity index (χ4v) is 9.23. The maximum absolute atomic E-state index is 12.0. The minimum absolute atomic E-state index is 0.0630. The van der Waals surface area contributed by atoms with Crippen molar-refractivity contribution in [1.82, 2.24) is 0 Å². The van der Waals surface area contributed by atoms with Crippen molar-refractivity contribution in [2.75, 3.05) is 5.88 Å². The monoisotopic (exact) mass is 476 g/mol. The predicted octanol–water partition coefficient (Wildman–Crippen LogP) is 8.57. The molecule has 0 N–H and O–H groups in total. The summed E-state index contributed by atoms with van der Waals surface area (Å²) in [5.41, 5.74) is 2.47. The van der Waals surface area contributed by atoms with Gasteiger partial charge >= 0.3 is 5.97 Å². The van der Waals surface area contributed by atoms with E-state index in [1.807, 2.05) is 0 Å². The summed E-state index contributed by atoms with van der Waals surface area (Å²) < 4.78 is 5.77. The lowest BCUT2D eigenvalue weighted by Gasteiger charge is -2.58. The van der Waals surface area contributed by atoms with Gasteiger partial charge in [-0.25, -0.2) is 0 Å². The van der Waals surface area contributed by atoms with Gasteiger partial charge in [0.2, 0.25) is 0 Å². The van der Waals surface area contributed by atoms with Crippen LogP contribution in [0, 0.1) is 46.3 Å². The van der Waals surface area contributed by atoms with Gasteiger partial charge in [-0.1, -0.05) is 65.5 Å². The molecule has 3 fully saturated rings. The largest absolute Gasteiger partial charge is 0.462 e. The van der Waals surface area contributed by atoms with Crippen LogP contribution < -0.4 is 0 Å². The van der Waals surface area contributed by atoms with Gasteiger partial charge in [0.15, 0.2) is 0 Å². The van der Waals surface area contributed by atoms with Gasteiger partial charge in [0.1, 0.15) is 6.10 Å². The molecule has 3 heteroatoms. The molecule has 0 bridgehead atoms. The second-order valence-corrected chi connectivity index (χ2v) is 13.5. The average Bonchev–Trinajstić information content (AvgIpc) is 3.11. The van der Waals surface area contributed by atoms with E-state index < -0.39 is 0 Å². The van der Waals surface area contributed by atoms with Gasteiger partial charge in [-0.2, -0.15) is 0 Å². The third kappa shape index (κ3) is 4.94. The minimum Gasteiger partial charge on any atom is -0.462 e. The van der Waals surface area contributed by atoms with Gasteiger partial charge in [0, 0.05) is 12.3 Å². The van der Waals surface area contributed by atoms with Crippen LogP contribution in [-0.2, 0) is 9.53 Å². The molecule has 0 saturated heterocycles. The Morgan fingerprint density at radius 2 is 1.88 bits per heavy atom. The van der Waals surface area contributed by atoms with Gasteiger partial charge in [-0.15, -0.1) is 11.6 Å². The quantitative estimate of drug-likeness (QED) is 0.199. The highest BCUT2D eigenvalue weighted by molar-refractivity contribution is 6.18. The van der Waals surface area contributed by atoms with Crippen molar-refractivity contribution in [2.45, 2.75) is 118 Å². The van der Waals surface area contributed by atoms with Crippen LogP contribution in [0.3, 0.4) is 0 Å². The number of rotatable bonds is 8. The zero-order valence-electron chi connectivity index (χ0n) is 22.0. The summed E-state index contributed by atoms with van der Waals surface area (Å²) in [6.07, 6.45) is 17.3. The molecule has 4 aliphatic rings. The van der Waals surface area contributed by atoms with E-state index in [1.165, 1.54) is 57.8 Å². The molecule has 4 rings (SSSR count). The fourth-order valence-electron chi connectivity index (χ4n) is 9.07. The van der Waals surface area contributed by atoms with E-state index in [1.54, 1.807) is 5.57 Å². The summed E-state index contributed by atoms with van der Waals surface area (Å²) in [5.74, 6) is 5.45. The van der Waals surface area contributed by atoms with Gasteiger partial charge in [0.25, 0.3) is 0 Å². The van der Waals surface area contributed by atoms with Crippen molar-refractivity contribution in [2.24, 2.45) is 46.3 Å². The highest BCUT2D eigenvalue weighted by Gasteiger charge is 2.59. The van der Waals surface area contributed by atoms with Crippen LogP contribution in [0.4, 0.5) is 0 Å². The van der Waals surface area contributed by atoms with Gasteiger partial charge in [-0.3, -0.25) is 4.79 Å². The number of hydrogen-bond acceptors (Lipinski definition) is 2. The first kappa shape index (κ1) is 25.6. The van der Waals surface area contributed by atoms with Gasteiger partial charge in [-0.05, 0) is 91.3 Å². The van der Waals surface area contributed by atoms with E-state index in [0.717, 1.165) is 48.3 Å². The Bertz CT molecular complexity index is 729. The van der Waals surface area contributed by atoms with Crippen molar-refractivity contribution >= 4 is 17.6 Å². The molecular formula is C30H49ClO2. The summed E-state index contributed by atoms with van der Waals surface area (Å²) in [6, 6.07) is 0. The van der Waals surface area contributed by atoms with Crippen LogP contribution >= 0.6 is 11.6 Å². The van der Waals surface area contributed by atoms with Crippen molar-refractivity contribution in [3.63, 3.8) is 0 Å². The zero-order valence-corrected chi connectivity index (χ0v) is 22.8. The number of carbonyl (C=O) groups is 1. The summed E-state index contributed by atoms with van der Waals surface area (Å²) >= 11 is 5.73. The summed E-state index contributed by atoms with van der Waals surface area (Å²) in [5, 5.41) is 0. The Kier molecular flexibility index (Phi) is 7.94. The lowest BCUT2D eigenvalue weighted by molar-refractivity contribution is -0.151. The zero-order chi connectivity index (χ0) is 23.8. The normalized spacial score (nSPS) is 41.1. The number of carbonyl (C=O) groups excluding carboxylic acids is 1. The van der Waals surface area contributed by atoms with Crippen LogP contribution in [0.5, 0.6) is 0 Å². The standard InChI is InChI=1S/C30H49ClO2/c1-20(2)7-6-8-21(3)25-11-12-26-24-10-9-22-19-23(33-28(32)15-18-31)13-16-29(22,4)27(24)14-17-30(25,26)5/h9,20-21,23-27H,6-8,10-19H2,1-5H3/t21-,23?,24?,25-,26?,27?,29+,30-/m1/s1. The number of allylic oxidation sites excluding steroid dienone is 1. The number of alkyl halides is 1. The molecule has 0 aliphatic heterocycles. The lowest BCUT2D eigenvalue weighted by atomic mass is 9.47. The third-order valence-electron chi connectivity index (χ3n) is 10.9. The molecular weight excluding hydrogens is 428 g/mol. The molecule has 0 aromatic rings. The molecule has 4 unspecified atom stereocenters. The molecule has 0 amide bonds. The molecule has 188 valence electrons. The average molecular weight is 477 g/mol. The number of halogens is 1. The molecule has 0 aromatic carbocycles. The molecule has 33 heavy (non-hydrogen) atoms. The van der Waals surface area contributed by atoms with E-state index in [-0.39, 0.29) is 12.1 Å². The highest BCUT2D eigenvalue weighted by Crippen LogP contribution is 2.67. The van der Waals surface area contributed by atoms with Crippen molar-refractivity contribution in [3.05, 3.63) is 11.6 Å². The van der Waals surface area contributed by atoms with Crippen LogP contribution in [0.15, 0.2) is 11.6 Å². The second kappa shape index (κ2) is 10.2. The Morgan fingerprint density at radius 3 is 2.61 bits per heavy atom. The number of fused-ring (bicyclic) bond motifs is 5. The summed E-state index contributed by atoms with van der Waals surface area (Å²) in [7, 11) is 0. The molecule has 4 aliphatic carbocycles. The predicted molar refractivity (Wildman–Crippen MR) is 138 cm³/mol. The Balaban J connectivity index is 1.43. The highest BCUT2D eigenvalue weighted by atomic mass is 35.5. The number of esters is 1. The molecule has 0 aromatic heterocycles. The second-order valence-electron chi connectivity index (χ2n) is 13.1. The van der Waals surface area contributed by atoms with E-state index in [0.29, 0.717) is 23.1 Å². The van der Waals surface area contributed by atoms with Crippen molar-refractivity contribution in [3.8, 4) is 0 Å². The molecule has 0 spiro atoms. The molecule has 3 saturated carbocycles. The van der Waals surface area contributed by atoms with Crippen LogP contribution in [-0.4, -0.2) is 18.0 Å². The number of ether oxygens (including phenoxy) is 1. The lowest BCUT2D eigenvalue weighted by Crippen LogP contribution is -2.51. The van der Waals surface area contributed by atoms with E-state index in [4.69, 9.17) is 16.3 Å². The Hall–Kier alpha value is -0.500. The minimum atomic E-state index is -0.124. The van der Waals surface area contributed by atoms with E-state index in [9.17, 15) is 4.79 Å². The topological polar surface area (TPSA) is 26.3 Å². The van der Waals surface area contributed by atoms with Gasteiger partial charge in [0.05, 0.1) is 6.42 Å². The first-order chi connectivity index (χ1) is 15.7. The van der Waals surface area contributed by atoms with Crippen LogP contribution in [0.2, 0.25) is 0 Å². The summed E-state index contributed by atoms with van der Waals surface area (Å²) in [4.78, 5) is 12.0. The first-order valence-corrected chi connectivity index (χ1v) is 14.7.